The van der Waals surface area contributed by atoms with Crippen LogP contribution in [0.25, 0.3) is 0 Å². The van der Waals surface area contributed by atoms with Gasteiger partial charge in [-0.05, 0) is 19.3 Å². The zero-order valence-electron chi connectivity index (χ0n) is 8.07. The number of aliphatic hydroxyl groups is 1. The van der Waals surface area contributed by atoms with Gasteiger partial charge in [0.2, 0.25) is 5.91 Å². The molecule has 0 radical (unpaired) electrons. The van der Waals surface area contributed by atoms with Crippen molar-refractivity contribution in [2.75, 3.05) is 13.2 Å². The number of nitrogens with two attached hydrogens (primary N) is 1. The quantitative estimate of drug-likeness (QED) is 0.636. The van der Waals surface area contributed by atoms with Crippen LogP contribution in [-0.4, -0.2) is 41.1 Å². The highest BCUT2D eigenvalue weighted by atomic mass is 16.3. The number of carbonyl (C=O) groups excluding carboxylic acids is 1. The van der Waals surface area contributed by atoms with Crippen LogP contribution in [0.1, 0.15) is 26.2 Å². The van der Waals surface area contributed by atoms with Crippen molar-refractivity contribution in [3.05, 3.63) is 0 Å². The zero-order valence-corrected chi connectivity index (χ0v) is 8.07. The minimum atomic E-state index is -0.396. The Hall–Kier alpha value is -0.610. The van der Waals surface area contributed by atoms with Gasteiger partial charge in [-0.2, -0.15) is 0 Å². The summed E-state index contributed by atoms with van der Waals surface area (Å²) in [4.78, 5) is 13.4. The molecule has 1 aliphatic rings. The van der Waals surface area contributed by atoms with Crippen molar-refractivity contribution in [1.29, 1.82) is 0 Å². The third-order valence-corrected chi connectivity index (χ3v) is 2.63. The van der Waals surface area contributed by atoms with E-state index in [2.05, 4.69) is 0 Å². The van der Waals surface area contributed by atoms with Crippen molar-refractivity contribution in [3.8, 4) is 0 Å². The van der Waals surface area contributed by atoms with Crippen molar-refractivity contribution in [2.45, 2.75) is 38.3 Å². The standard InChI is InChI=1S/C9H18N2O2/c1-2-8(10)9(13)11-5-3-4-7(11)6-12/h7-8,12H,2-6,10H2,1H3/t7-,8+/m0/s1. The molecule has 0 aromatic carbocycles. The van der Waals surface area contributed by atoms with Gasteiger partial charge >= 0.3 is 0 Å². The van der Waals surface area contributed by atoms with Crippen molar-refractivity contribution in [3.63, 3.8) is 0 Å². The van der Waals surface area contributed by atoms with Gasteiger partial charge in [-0.15, -0.1) is 0 Å². The van der Waals surface area contributed by atoms with E-state index in [1.807, 2.05) is 6.92 Å². The topological polar surface area (TPSA) is 66.6 Å². The first kappa shape index (κ1) is 10.5. The second-order valence-corrected chi connectivity index (χ2v) is 3.52. The average molecular weight is 186 g/mol. The van der Waals surface area contributed by atoms with Crippen molar-refractivity contribution < 1.29 is 9.90 Å². The summed E-state index contributed by atoms with van der Waals surface area (Å²) in [6, 6.07) is -0.391. The van der Waals surface area contributed by atoms with Crippen LogP contribution in [0.4, 0.5) is 0 Å². The van der Waals surface area contributed by atoms with Crippen LogP contribution in [0.2, 0.25) is 0 Å². The fourth-order valence-corrected chi connectivity index (χ4v) is 1.70. The lowest BCUT2D eigenvalue weighted by Gasteiger charge is -2.25. The second kappa shape index (κ2) is 4.58. The van der Waals surface area contributed by atoms with Crippen LogP contribution < -0.4 is 5.73 Å². The molecule has 1 heterocycles. The summed E-state index contributed by atoms with van der Waals surface area (Å²) in [5, 5.41) is 9.01. The lowest BCUT2D eigenvalue weighted by Crippen LogP contribution is -2.46. The van der Waals surface area contributed by atoms with Gasteiger partial charge in [-0.3, -0.25) is 4.79 Å². The Morgan fingerprint density at radius 1 is 1.77 bits per heavy atom. The highest BCUT2D eigenvalue weighted by Gasteiger charge is 2.30. The van der Waals surface area contributed by atoms with Crippen LogP contribution in [0, 0.1) is 0 Å². The molecule has 1 amide bonds. The van der Waals surface area contributed by atoms with E-state index in [9.17, 15) is 4.79 Å². The fraction of sp³-hybridized carbons (Fsp3) is 0.889. The maximum Gasteiger partial charge on any atom is 0.239 e. The normalized spacial score (nSPS) is 24.8. The predicted octanol–water partition coefficient (Wildman–Crippen LogP) is -0.293. The Labute approximate surface area is 78.7 Å². The number of likely N-dealkylation sites (tertiary alicyclic amines) is 1. The molecule has 2 atom stereocenters. The summed E-state index contributed by atoms with van der Waals surface area (Å²) in [5.74, 6) is -0.0148. The van der Waals surface area contributed by atoms with Crippen LogP contribution in [0.3, 0.4) is 0 Å². The summed E-state index contributed by atoms with van der Waals surface area (Å²) in [7, 11) is 0. The van der Waals surface area contributed by atoms with Crippen molar-refractivity contribution >= 4 is 5.91 Å². The molecule has 1 rings (SSSR count). The first-order valence-electron chi connectivity index (χ1n) is 4.87. The number of hydrogen-bond acceptors (Lipinski definition) is 3. The number of rotatable bonds is 3. The highest BCUT2D eigenvalue weighted by Crippen LogP contribution is 2.17. The first-order valence-corrected chi connectivity index (χ1v) is 4.87. The van der Waals surface area contributed by atoms with Gasteiger partial charge in [0.1, 0.15) is 0 Å². The van der Waals surface area contributed by atoms with Crippen LogP contribution in [0.15, 0.2) is 0 Å². The molecule has 1 fully saturated rings. The number of carbonyl (C=O) groups is 1. The van der Waals surface area contributed by atoms with E-state index in [0.29, 0.717) is 6.42 Å². The van der Waals surface area contributed by atoms with Gasteiger partial charge in [-0.25, -0.2) is 0 Å². The Bertz CT molecular complexity index is 184. The Morgan fingerprint density at radius 2 is 2.46 bits per heavy atom. The second-order valence-electron chi connectivity index (χ2n) is 3.52. The number of hydrogen-bond donors (Lipinski definition) is 2. The molecule has 0 spiro atoms. The summed E-state index contributed by atoms with van der Waals surface area (Å²) in [6.07, 6.45) is 2.54. The molecule has 3 N–H and O–H groups in total. The van der Waals surface area contributed by atoms with E-state index in [4.69, 9.17) is 10.8 Å². The fourth-order valence-electron chi connectivity index (χ4n) is 1.70. The first-order chi connectivity index (χ1) is 6.20. The van der Waals surface area contributed by atoms with Crippen molar-refractivity contribution in [1.82, 2.24) is 4.90 Å². The maximum absolute atomic E-state index is 11.6. The van der Waals surface area contributed by atoms with Crippen LogP contribution in [-0.2, 0) is 4.79 Å². The average Bonchev–Trinajstić information content (AvgIpc) is 2.62. The van der Waals surface area contributed by atoms with Gasteiger partial charge in [0.25, 0.3) is 0 Å². The smallest absolute Gasteiger partial charge is 0.239 e. The third-order valence-electron chi connectivity index (χ3n) is 2.63. The predicted molar refractivity (Wildman–Crippen MR) is 50.1 cm³/mol. The summed E-state index contributed by atoms with van der Waals surface area (Å²) < 4.78 is 0. The molecule has 1 aliphatic heterocycles. The largest absolute Gasteiger partial charge is 0.394 e. The molecule has 0 aliphatic carbocycles. The van der Waals surface area contributed by atoms with Gasteiger partial charge in [0, 0.05) is 6.54 Å². The van der Waals surface area contributed by atoms with Crippen LogP contribution >= 0.6 is 0 Å². The van der Waals surface area contributed by atoms with Gasteiger partial charge in [0.05, 0.1) is 18.7 Å². The molecular formula is C9H18N2O2. The zero-order chi connectivity index (χ0) is 9.84. The Balaban J connectivity index is 2.54. The lowest BCUT2D eigenvalue weighted by molar-refractivity contribution is -0.134. The van der Waals surface area contributed by atoms with Gasteiger partial charge < -0.3 is 15.7 Å². The maximum atomic E-state index is 11.6. The molecule has 4 heteroatoms. The Morgan fingerprint density at radius 3 is 3.00 bits per heavy atom. The summed E-state index contributed by atoms with van der Waals surface area (Å²) in [6.45, 7) is 2.70. The van der Waals surface area contributed by atoms with E-state index < -0.39 is 6.04 Å². The molecule has 0 aromatic rings. The van der Waals surface area contributed by atoms with E-state index in [0.717, 1.165) is 19.4 Å². The molecule has 0 unspecified atom stereocenters. The van der Waals surface area contributed by atoms with E-state index in [1.54, 1.807) is 4.90 Å². The van der Waals surface area contributed by atoms with Crippen LogP contribution in [0.5, 0.6) is 0 Å². The molecule has 13 heavy (non-hydrogen) atoms. The number of aliphatic hydroxyl groups excluding tert-OH is 1. The van der Waals surface area contributed by atoms with Gasteiger partial charge in [0.15, 0.2) is 0 Å². The minimum absolute atomic E-state index is 0.00472. The van der Waals surface area contributed by atoms with Gasteiger partial charge in [-0.1, -0.05) is 6.92 Å². The molecule has 4 nitrogen and oxygen atoms in total. The summed E-state index contributed by atoms with van der Waals surface area (Å²) in [5.41, 5.74) is 5.64. The number of amides is 1. The monoisotopic (exact) mass is 186 g/mol. The minimum Gasteiger partial charge on any atom is -0.394 e. The number of nitrogens with zero attached hydrogens (tertiary/aromatic N) is 1. The van der Waals surface area contributed by atoms with E-state index in [1.165, 1.54) is 0 Å². The molecule has 1 saturated heterocycles. The molecular weight excluding hydrogens is 168 g/mol. The summed E-state index contributed by atoms with van der Waals surface area (Å²) >= 11 is 0. The molecule has 0 bridgehead atoms. The Kier molecular flexibility index (Phi) is 3.69. The highest BCUT2D eigenvalue weighted by molar-refractivity contribution is 5.82. The SMILES string of the molecule is CC[C@@H](N)C(=O)N1CCC[C@H]1CO. The third kappa shape index (κ3) is 2.19. The molecule has 0 aromatic heterocycles. The van der Waals surface area contributed by atoms with E-state index >= 15 is 0 Å². The van der Waals surface area contributed by atoms with E-state index in [-0.39, 0.29) is 18.6 Å². The van der Waals surface area contributed by atoms with Crippen molar-refractivity contribution in [2.24, 2.45) is 5.73 Å². The molecule has 0 saturated carbocycles. The molecule has 76 valence electrons. The lowest BCUT2D eigenvalue weighted by atomic mass is 10.2.